The molecule has 5 heteroatoms. The van der Waals surface area contributed by atoms with Gasteiger partial charge in [-0.15, -0.1) is 0 Å². The van der Waals surface area contributed by atoms with E-state index in [1.807, 2.05) is 68.4 Å². The van der Waals surface area contributed by atoms with Crippen LogP contribution < -0.4 is 5.32 Å². The molecule has 0 saturated heterocycles. The highest BCUT2D eigenvalue weighted by Crippen LogP contribution is 2.44. The van der Waals surface area contributed by atoms with Crippen LogP contribution in [0.4, 0.5) is 4.79 Å². The molecule has 1 atom stereocenters. The van der Waals surface area contributed by atoms with E-state index in [-0.39, 0.29) is 5.92 Å². The predicted molar refractivity (Wildman–Crippen MR) is 103 cm³/mol. The van der Waals surface area contributed by atoms with Crippen LogP contribution in [-0.2, 0) is 9.47 Å². The molecule has 0 spiro atoms. The Hall–Kier alpha value is -2.72. The summed E-state index contributed by atoms with van der Waals surface area (Å²) in [5, 5.41) is 3.94. The molecule has 134 valence electrons. The van der Waals surface area contributed by atoms with Crippen molar-refractivity contribution in [2.24, 2.45) is 0 Å². The molecule has 2 aromatic rings. The molecular formula is C21H20ClNO3. The van der Waals surface area contributed by atoms with Gasteiger partial charge < -0.3 is 14.8 Å². The molecular weight excluding hydrogens is 350 g/mol. The first kappa shape index (κ1) is 18.1. The maximum Gasteiger partial charge on any atom is 0.513 e. The highest BCUT2D eigenvalue weighted by molar-refractivity contribution is 6.30. The lowest BCUT2D eigenvalue weighted by molar-refractivity contribution is 0.0929. The van der Waals surface area contributed by atoms with Gasteiger partial charge in [0.05, 0.1) is 18.7 Å². The third-order valence-corrected chi connectivity index (χ3v) is 4.56. The van der Waals surface area contributed by atoms with E-state index in [9.17, 15) is 4.79 Å². The molecule has 3 rings (SSSR count). The minimum Gasteiger partial charge on any atom is -0.437 e. The van der Waals surface area contributed by atoms with Gasteiger partial charge in [-0.2, -0.15) is 0 Å². The van der Waals surface area contributed by atoms with Crippen molar-refractivity contribution in [3.8, 4) is 0 Å². The molecule has 0 aliphatic carbocycles. The number of carbonyl (C=O) groups excluding carboxylic acids is 1. The Morgan fingerprint density at radius 2 is 1.77 bits per heavy atom. The second kappa shape index (κ2) is 7.67. The van der Waals surface area contributed by atoms with Crippen molar-refractivity contribution in [3.63, 3.8) is 0 Å². The van der Waals surface area contributed by atoms with E-state index >= 15 is 0 Å². The summed E-state index contributed by atoms with van der Waals surface area (Å²) >= 11 is 6.23. The normalized spacial score (nSPS) is 17.0. The van der Waals surface area contributed by atoms with Crippen LogP contribution in [0.15, 0.2) is 71.8 Å². The Kier molecular flexibility index (Phi) is 5.33. The average molecular weight is 370 g/mol. The van der Waals surface area contributed by atoms with Crippen LogP contribution >= 0.6 is 11.6 Å². The number of allylic oxidation sites excluding steroid dienone is 3. The summed E-state index contributed by atoms with van der Waals surface area (Å²) in [7, 11) is 1.29. The van der Waals surface area contributed by atoms with Crippen molar-refractivity contribution < 1.29 is 14.3 Å². The summed E-state index contributed by atoms with van der Waals surface area (Å²) in [6, 6.07) is 17.6. The smallest absolute Gasteiger partial charge is 0.437 e. The van der Waals surface area contributed by atoms with Crippen molar-refractivity contribution in [3.05, 3.63) is 87.9 Å². The van der Waals surface area contributed by atoms with Gasteiger partial charge in [0.25, 0.3) is 0 Å². The molecule has 0 amide bonds. The fraction of sp³-hybridized carbons (Fsp3) is 0.190. The van der Waals surface area contributed by atoms with Crippen LogP contribution in [0.1, 0.15) is 30.9 Å². The molecule has 0 aromatic heterocycles. The van der Waals surface area contributed by atoms with Gasteiger partial charge in [-0.1, -0.05) is 54.1 Å². The SMILES string of the molecule is COC(=O)OC1=C(C)NC(C)=C(c2ccccc2)C1c1cccc(Cl)c1. The lowest BCUT2D eigenvalue weighted by Gasteiger charge is -2.31. The van der Waals surface area contributed by atoms with Gasteiger partial charge in [0.1, 0.15) is 5.76 Å². The lowest BCUT2D eigenvalue weighted by atomic mass is 9.81. The summed E-state index contributed by atoms with van der Waals surface area (Å²) in [6.07, 6.45) is -0.750. The number of hydrogen-bond acceptors (Lipinski definition) is 4. The largest absolute Gasteiger partial charge is 0.513 e. The van der Waals surface area contributed by atoms with Crippen molar-refractivity contribution >= 4 is 23.3 Å². The van der Waals surface area contributed by atoms with Gasteiger partial charge in [0.2, 0.25) is 0 Å². The Morgan fingerprint density at radius 3 is 2.42 bits per heavy atom. The van der Waals surface area contributed by atoms with Gasteiger partial charge in [-0.05, 0) is 42.7 Å². The fourth-order valence-corrected chi connectivity index (χ4v) is 3.45. The van der Waals surface area contributed by atoms with E-state index in [0.717, 1.165) is 28.1 Å². The zero-order valence-electron chi connectivity index (χ0n) is 14.9. The van der Waals surface area contributed by atoms with Gasteiger partial charge in [-0.25, -0.2) is 4.79 Å². The Labute approximate surface area is 158 Å². The van der Waals surface area contributed by atoms with Gasteiger partial charge >= 0.3 is 6.16 Å². The molecule has 1 heterocycles. The number of carbonyl (C=O) groups is 1. The van der Waals surface area contributed by atoms with E-state index in [4.69, 9.17) is 21.1 Å². The first-order chi connectivity index (χ1) is 12.5. The van der Waals surface area contributed by atoms with E-state index in [0.29, 0.717) is 10.8 Å². The highest BCUT2D eigenvalue weighted by Gasteiger charge is 2.33. The van der Waals surface area contributed by atoms with E-state index in [2.05, 4.69) is 5.32 Å². The zero-order chi connectivity index (χ0) is 18.7. The van der Waals surface area contributed by atoms with Gasteiger partial charge in [0.15, 0.2) is 0 Å². The third-order valence-electron chi connectivity index (χ3n) is 4.33. The van der Waals surface area contributed by atoms with Crippen molar-refractivity contribution in [1.29, 1.82) is 0 Å². The van der Waals surface area contributed by atoms with Crippen LogP contribution in [0, 0.1) is 0 Å². The predicted octanol–water partition coefficient (Wildman–Crippen LogP) is 5.47. The maximum atomic E-state index is 11.8. The number of nitrogens with one attached hydrogen (secondary N) is 1. The molecule has 1 aliphatic heterocycles. The summed E-state index contributed by atoms with van der Waals surface area (Å²) in [5.41, 5.74) is 4.77. The Balaban J connectivity index is 2.18. The molecule has 0 radical (unpaired) electrons. The highest BCUT2D eigenvalue weighted by atomic mass is 35.5. The molecule has 0 fully saturated rings. The fourth-order valence-electron chi connectivity index (χ4n) is 3.25. The van der Waals surface area contributed by atoms with Crippen LogP contribution in [0.5, 0.6) is 0 Å². The molecule has 1 aliphatic rings. The summed E-state index contributed by atoms with van der Waals surface area (Å²) in [6.45, 7) is 3.89. The number of halogens is 1. The van der Waals surface area contributed by atoms with E-state index < -0.39 is 6.16 Å². The summed E-state index contributed by atoms with van der Waals surface area (Å²) < 4.78 is 10.3. The summed E-state index contributed by atoms with van der Waals surface area (Å²) in [4.78, 5) is 11.8. The topological polar surface area (TPSA) is 47.6 Å². The van der Waals surface area contributed by atoms with E-state index in [1.54, 1.807) is 0 Å². The first-order valence-corrected chi connectivity index (χ1v) is 8.64. The average Bonchev–Trinajstić information content (AvgIpc) is 2.64. The Bertz CT molecular complexity index is 887. The number of rotatable bonds is 3. The number of hydrogen-bond donors (Lipinski definition) is 1. The van der Waals surface area contributed by atoms with Gasteiger partial charge in [0, 0.05) is 10.7 Å². The van der Waals surface area contributed by atoms with Crippen molar-refractivity contribution in [2.45, 2.75) is 19.8 Å². The van der Waals surface area contributed by atoms with Crippen LogP contribution in [-0.4, -0.2) is 13.3 Å². The van der Waals surface area contributed by atoms with E-state index in [1.165, 1.54) is 7.11 Å². The van der Waals surface area contributed by atoms with Crippen LogP contribution in [0.2, 0.25) is 5.02 Å². The molecule has 2 aromatic carbocycles. The lowest BCUT2D eigenvalue weighted by Crippen LogP contribution is -2.26. The minimum absolute atomic E-state index is 0.281. The third kappa shape index (κ3) is 3.60. The minimum atomic E-state index is -0.750. The molecule has 26 heavy (non-hydrogen) atoms. The number of dihydropyridines is 1. The second-order valence-electron chi connectivity index (χ2n) is 6.06. The first-order valence-electron chi connectivity index (χ1n) is 8.26. The molecule has 4 nitrogen and oxygen atoms in total. The molecule has 1 N–H and O–H groups in total. The Morgan fingerprint density at radius 1 is 1.04 bits per heavy atom. The standard InChI is InChI=1S/C21H20ClNO3/c1-13-18(15-8-5-4-6-9-15)19(16-10-7-11-17(22)12-16)20(14(2)23-13)26-21(24)25-3/h4-12,19,23H,1-3H3. The van der Waals surface area contributed by atoms with Crippen LogP contribution in [0.25, 0.3) is 5.57 Å². The van der Waals surface area contributed by atoms with Crippen molar-refractivity contribution in [2.75, 3.05) is 7.11 Å². The molecule has 1 unspecified atom stereocenters. The molecule has 0 saturated carbocycles. The number of benzene rings is 2. The van der Waals surface area contributed by atoms with Crippen molar-refractivity contribution in [1.82, 2.24) is 5.32 Å². The monoisotopic (exact) mass is 369 g/mol. The second-order valence-corrected chi connectivity index (χ2v) is 6.50. The number of methoxy groups -OCH3 is 1. The quantitative estimate of drug-likeness (QED) is 0.728. The summed E-state index contributed by atoms with van der Waals surface area (Å²) in [5.74, 6) is 0.222. The van der Waals surface area contributed by atoms with Gasteiger partial charge in [-0.3, -0.25) is 0 Å². The molecule has 0 bridgehead atoms. The maximum absolute atomic E-state index is 11.8. The zero-order valence-corrected chi connectivity index (χ0v) is 15.6. The number of ether oxygens (including phenoxy) is 2. The van der Waals surface area contributed by atoms with Crippen LogP contribution in [0.3, 0.4) is 0 Å².